The van der Waals surface area contributed by atoms with E-state index in [1.54, 1.807) is 6.20 Å². The van der Waals surface area contributed by atoms with Crippen molar-refractivity contribution in [2.75, 3.05) is 5.73 Å². The van der Waals surface area contributed by atoms with Crippen LogP contribution in [0.4, 0.5) is 5.69 Å². The molecule has 3 aromatic rings. The summed E-state index contributed by atoms with van der Waals surface area (Å²) in [4.78, 5) is 8.82. The fourth-order valence-corrected chi connectivity index (χ4v) is 3.09. The van der Waals surface area contributed by atoms with Gasteiger partial charge in [-0.15, -0.1) is 0 Å². The molecule has 2 aromatic heterocycles. The van der Waals surface area contributed by atoms with Crippen LogP contribution >= 0.6 is 0 Å². The van der Waals surface area contributed by atoms with Gasteiger partial charge in [-0.3, -0.25) is 4.98 Å². The summed E-state index contributed by atoms with van der Waals surface area (Å²) in [6, 6.07) is 6.00. The van der Waals surface area contributed by atoms with Gasteiger partial charge in [0.1, 0.15) is 0 Å². The fraction of sp³-hybridized carbons (Fsp3) is 0.250. The summed E-state index contributed by atoms with van der Waals surface area (Å²) in [6.45, 7) is 0. The van der Waals surface area contributed by atoms with E-state index in [4.69, 9.17) is 5.73 Å². The SMILES string of the molecule is Nc1ccc(-n2cnc3c2CCCC3)c2cnccc12. The molecule has 0 spiro atoms. The molecule has 0 saturated carbocycles. The number of rotatable bonds is 1. The van der Waals surface area contributed by atoms with E-state index >= 15 is 0 Å². The van der Waals surface area contributed by atoms with E-state index in [0.29, 0.717) is 0 Å². The Balaban J connectivity index is 1.99. The van der Waals surface area contributed by atoms with Crippen molar-refractivity contribution < 1.29 is 0 Å². The number of imidazole rings is 1. The van der Waals surface area contributed by atoms with Gasteiger partial charge in [0.15, 0.2) is 0 Å². The van der Waals surface area contributed by atoms with Crippen LogP contribution in [0.25, 0.3) is 16.5 Å². The quantitative estimate of drug-likeness (QED) is 0.687. The maximum atomic E-state index is 6.06. The van der Waals surface area contributed by atoms with E-state index in [2.05, 4.69) is 20.6 Å². The summed E-state index contributed by atoms with van der Waals surface area (Å²) in [7, 11) is 0. The van der Waals surface area contributed by atoms with E-state index < -0.39 is 0 Å². The molecule has 0 radical (unpaired) electrons. The summed E-state index contributed by atoms with van der Waals surface area (Å²) in [5.74, 6) is 0. The predicted molar refractivity (Wildman–Crippen MR) is 79.9 cm³/mol. The minimum atomic E-state index is 0.792. The zero-order valence-corrected chi connectivity index (χ0v) is 11.2. The molecule has 0 amide bonds. The molecule has 0 aliphatic heterocycles. The summed E-state index contributed by atoms with van der Waals surface area (Å²) < 4.78 is 2.21. The Bertz CT molecular complexity index is 788. The van der Waals surface area contributed by atoms with Crippen molar-refractivity contribution in [2.45, 2.75) is 25.7 Å². The number of nitrogens with two attached hydrogens (primary N) is 1. The molecule has 4 rings (SSSR count). The highest BCUT2D eigenvalue weighted by Crippen LogP contribution is 2.29. The highest BCUT2D eigenvalue weighted by Gasteiger charge is 2.17. The van der Waals surface area contributed by atoms with Gasteiger partial charge in [0.2, 0.25) is 0 Å². The van der Waals surface area contributed by atoms with Gasteiger partial charge in [-0.2, -0.15) is 0 Å². The van der Waals surface area contributed by atoms with Gasteiger partial charge in [0.25, 0.3) is 0 Å². The van der Waals surface area contributed by atoms with Gasteiger partial charge in [0.05, 0.1) is 17.7 Å². The average Bonchev–Trinajstić information content (AvgIpc) is 2.92. The second kappa shape index (κ2) is 4.34. The Labute approximate surface area is 117 Å². The zero-order valence-electron chi connectivity index (χ0n) is 11.2. The van der Waals surface area contributed by atoms with E-state index in [1.165, 1.54) is 24.2 Å². The number of anilines is 1. The second-order valence-electron chi connectivity index (χ2n) is 5.31. The molecule has 0 atom stereocenters. The average molecular weight is 264 g/mol. The maximum absolute atomic E-state index is 6.06. The van der Waals surface area contributed by atoms with E-state index in [-0.39, 0.29) is 0 Å². The van der Waals surface area contributed by atoms with Gasteiger partial charge in [0, 0.05) is 34.5 Å². The monoisotopic (exact) mass is 264 g/mol. The number of aryl methyl sites for hydroxylation is 1. The molecule has 2 N–H and O–H groups in total. The Hall–Kier alpha value is -2.36. The Morgan fingerprint density at radius 3 is 2.90 bits per heavy atom. The number of fused-ring (bicyclic) bond motifs is 2. The Morgan fingerprint density at radius 1 is 1.05 bits per heavy atom. The molecule has 20 heavy (non-hydrogen) atoms. The fourth-order valence-electron chi connectivity index (χ4n) is 3.09. The summed E-state index contributed by atoms with van der Waals surface area (Å²) in [5, 5.41) is 2.13. The molecule has 100 valence electrons. The van der Waals surface area contributed by atoms with Crippen molar-refractivity contribution >= 4 is 16.5 Å². The van der Waals surface area contributed by atoms with Crippen LogP contribution in [0.15, 0.2) is 36.9 Å². The first-order valence-corrected chi connectivity index (χ1v) is 7.02. The van der Waals surface area contributed by atoms with Crippen molar-refractivity contribution in [3.05, 3.63) is 48.3 Å². The third kappa shape index (κ3) is 1.61. The zero-order chi connectivity index (χ0) is 13.5. The minimum absolute atomic E-state index is 0.792. The Morgan fingerprint density at radius 2 is 1.95 bits per heavy atom. The largest absolute Gasteiger partial charge is 0.398 e. The van der Waals surface area contributed by atoms with Gasteiger partial charge >= 0.3 is 0 Å². The van der Waals surface area contributed by atoms with Crippen LogP contribution in [0, 0.1) is 0 Å². The molecule has 4 nitrogen and oxygen atoms in total. The molecule has 4 heteroatoms. The molecule has 0 unspecified atom stereocenters. The summed E-state index contributed by atoms with van der Waals surface area (Å²) in [5.41, 5.74) is 10.6. The second-order valence-corrected chi connectivity index (χ2v) is 5.31. The van der Waals surface area contributed by atoms with Crippen LogP contribution < -0.4 is 5.73 Å². The van der Waals surface area contributed by atoms with Crippen molar-refractivity contribution in [2.24, 2.45) is 0 Å². The first-order chi connectivity index (χ1) is 9.84. The normalized spacial score (nSPS) is 14.4. The molecule has 0 bridgehead atoms. The first-order valence-electron chi connectivity index (χ1n) is 7.02. The topological polar surface area (TPSA) is 56.7 Å². The predicted octanol–water partition coefficient (Wildman–Crippen LogP) is 2.88. The van der Waals surface area contributed by atoms with Crippen molar-refractivity contribution in [3.8, 4) is 5.69 Å². The van der Waals surface area contributed by atoms with Crippen LogP contribution in [0.3, 0.4) is 0 Å². The van der Waals surface area contributed by atoms with E-state index in [0.717, 1.165) is 35.0 Å². The van der Waals surface area contributed by atoms with Crippen molar-refractivity contribution in [1.82, 2.24) is 14.5 Å². The van der Waals surface area contributed by atoms with Crippen LogP contribution in [-0.2, 0) is 12.8 Å². The summed E-state index contributed by atoms with van der Waals surface area (Å²) >= 11 is 0. The van der Waals surface area contributed by atoms with Gasteiger partial charge in [-0.05, 0) is 43.9 Å². The van der Waals surface area contributed by atoms with Crippen LogP contribution in [0.1, 0.15) is 24.2 Å². The summed E-state index contributed by atoms with van der Waals surface area (Å²) in [6.07, 6.45) is 10.3. The lowest BCUT2D eigenvalue weighted by Gasteiger charge is -2.16. The Kier molecular flexibility index (Phi) is 2.49. The maximum Gasteiger partial charge on any atom is 0.0997 e. The van der Waals surface area contributed by atoms with Gasteiger partial charge < -0.3 is 10.3 Å². The number of aromatic nitrogens is 3. The lowest BCUT2D eigenvalue weighted by molar-refractivity contribution is 0.656. The molecule has 2 heterocycles. The van der Waals surface area contributed by atoms with Crippen LogP contribution in [0.5, 0.6) is 0 Å². The third-order valence-corrected chi connectivity index (χ3v) is 4.12. The standard InChI is InChI=1S/C16H16N4/c17-13-5-6-15(12-9-18-8-7-11(12)13)20-10-19-14-3-1-2-4-16(14)20/h5-10H,1-4,17H2. The van der Waals surface area contributed by atoms with Gasteiger partial charge in [-0.25, -0.2) is 4.98 Å². The minimum Gasteiger partial charge on any atom is -0.398 e. The number of hydrogen-bond donors (Lipinski definition) is 1. The number of pyridine rings is 1. The van der Waals surface area contributed by atoms with Crippen LogP contribution in [-0.4, -0.2) is 14.5 Å². The van der Waals surface area contributed by atoms with Crippen molar-refractivity contribution in [3.63, 3.8) is 0 Å². The number of hydrogen-bond acceptors (Lipinski definition) is 3. The smallest absolute Gasteiger partial charge is 0.0997 e. The molecule has 1 aliphatic rings. The third-order valence-electron chi connectivity index (χ3n) is 4.12. The van der Waals surface area contributed by atoms with E-state index in [9.17, 15) is 0 Å². The van der Waals surface area contributed by atoms with Crippen molar-refractivity contribution in [1.29, 1.82) is 0 Å². The number of nitrogens with zero attached hydrogens (tertiary/aromatic N) is 3. The van der Waals surface area contributed by atoms with E-state index in [1.807, 2.05) is 24.7 Å². The number of nitrogen functional groups attached to an aromatic ring is 1. The van der Waals surface area contributed by atoms with Gasteiger partial charge in [-0.1, -0.05) is 0 Å². The lowest BCUT2D eigenvalue weighted by Crippen LogP contribution is -2.07. The first kappa shape index (κ1) is 11.5. The van der Waals surface area contributed by atoms with Crippen LogP contribution in [0.2, 0.25) is 0 Å². The molecular formula is C16H16N4. The molecule has 1 aliphatic carbocycles. The highest BCUT2D eigenvalue weighted by molar-refractivity contribution is 5.97. The number of benzene rings is 1. The highest BCUT2D eigenvalue weighted by atomic mass is 15.1. The lowest BCUT2D eigenvalue weighted by atomic mass is 10.0. The molecule has 1 aromatic carbocycles. The molecular weight excluding hydrogens is 248 g/mol. The molecule has 0 fully saturated rings. The molecule has 0 saturated heterocycles.